The average Bonchev–Trinajstić information content (AvgIpc) is 0.790. The Hall–Kier alpha value is -5.38. The first-order chi connectivity index (χ1) is 60.2. The van der Waals surface area contributed by atoms with Gasteiger partial charge in [-0.2, -0.15) is 9.59 Å². The van der Waals surface area contributed by atoms with Gasteiger partial charge in [0.1, 0.15) is 41.1 Å². The first-order valence-electron chi connectivity index (χ1n) is 38.7. The Morgan fingerprint density at radius 3 is 1.24 bits per heavy atom. The number of hydrogen-bond donors (Lipinski definition) is 6. The zero-order valence-corrected chi connectivity index (χ0v) is 99.9. The van der Waals surface area contributed by atoms with E-state index in [9.17, 15) is 48.3 Å². The second kappa shape index (κ2) is 70.3. The molecule has 7 N–H and O–H groups in total. The molecule has 4 unspecified atom stereocenters. The molecule has 0 saturated carbocycles. The van der Waals surface area contributed by atoms with Gasteiger partial charge >= 0.3 is 271 Å². The summed E-state index contributed by atoms with van der Waals surface area (Å²) in [5, 5.41) is 51.1. The molecule has 4 amide bonds. The van der Waals surface area contributed by atoms with Gasteiger partial charge in [-0.25, -0.2) is 19.2 Å². The van der Waals surface area contributed by atoms with Crippen LogP contribution in [0.2, 0.25) is 0 Å². The summed E-state index contributed by atoms with van der Waals surface area (Å²) >= 11 is 12.2. The van der Waals surface area contributed by atoms with Crippen molar-refractivity contribution in [3.8, 4) is 34.5 Å². The number of aryl methyl sites for hydroxylation is 2. The van der Waals surface area contributed by atoms with E-state index in [4.69, 9.17) is 80.9 Å². The molecule has 3 aliphatic heterocycles. The molecule has 40 heteroatoms. The van der Waals surface area contributed by atoms with Crippen LogP contribution < -0.4 is 296 Å². The van der Waals surface area contributed by atoms with Crippen LogP contribution in [0.3, 0.4) is 0 Å². The van der Waals surface area contributed by atoms with Crippen LogP contribution in [0.4, 0.5) is 28.4 Å². The van der Waals surface area contributed by atoms with Crippen molar-refractivity contribution in [2.45, 2.75) is 125 Å². The number of rotatable bonds is 21. The van der Waals surface area contributed by atoms with Crippen molar-refractivity contribution in [3.63, 3.8) is 0 Å². The summed E-state index contributed by atoms with van der Waals surface area (Å²) in [5.41, 5.74) is 14.5. The molecule has 3 aliphatic rings. The zero-order chi connectivity index (χ0) is 95.9. The van der Waals surface area contributed by atoms with Gasteiger partial charge in [0.05, 0.1) is 104 Å². The van der Waals surface area contributed by atoms with E-state index in [2.05, 4.69) is 80.3 Å². The number of amides is 4. The third kappa shape index (κ3) is 45.2. The van der Waals surface area contributed by atoms with E-state index < -0.39 is 48.8 Å². The molecule has 4 atom stereocenters. The van der Waals surface area contributed by atoms with Crippen LogP contribution in [0, 0.1) is 43.4 Å². The Bertz CT molecular complexity index is 4800. The number of carbonyl (C=O) groups excluding carboxylic acids is 13. The number of aromatic hydroxyl groups is 2. The fourth-order valence-electron chi connectivity index (χ4n) is 10.7. The van der Waals surface area contributed by atoms with Crippen molar-refractivity contribution in [2.75, 3.05) is 73.7 Å². The number of ketones is 1. The number of esters is 4. The van der Waals surface area contributed by atoms with Crippen molar-refractivity contribution in [2.24, 2.45) is 29.6 Å². The van der Waals surface area contributed by atoms with E-state index in [0.717, 1.165) is 44.8 Å². The predicted molar refractivity (Wildman–Crippen MR) is 477 cm³/mol. The summed E-state index contributed by atoms with van der Waals surface area (Å²) in [6, 6.07) is 46.8. The van der Waals surface area contributed by atoms with Gasteiger partial charge in [-0.3, -0.25) is 33.6 Å². The molecule has 3 heterocycles. The van der Waals surface area contributed by atoms with Crippen LogP contribution in [0.5, 0.6) is 34.5 Å². The van der Waals surface area contributed by atoms with Crippen molar-refractivity contribution in [1.29, 1.82) is 0 Å². The molecule has 131 heavy (non-hydrogen) atoms. The molecule has 0 saturated heterocycles. The number of Topliss-reactive ketones (excluding diaryl/α,β-unsaturated/α-hetero) is 1. The number of nitrogen functional groups attached to an aromatic ring is 1. The Morgan fingerprint density at radius 1 is 0.550 bits per heavy atom. The maximum absolute atomic E-state index is 13.0. The van der Waals surface area contributed by atoms with Crippen LogP contribution in [0.1, 0.15) is 152 Å². The number of phenols is 2. The molecular formula is C91H108Br2ClCs2K2N5O28. The SMILES string of the molecule is CC(C)CBr.COC(=O)c1ccc(O)c(N)c1.COC(=O)c1ccc(O)c(NC(=O)C(Br)C(C)C)c1.COC(=O)c1ccc2c(c1)N(Cc1ccc(C)cc1)C(=O)C(C(C)C)O2.COC(=O)c1ccc2c(c1)NC(=O)C(C(C)C)O2.COc1ccc(CCl)cc1.Cc1ccc(CN2C(=O)C(C(C)C)Oc3ccc(C(=O)CO)cc32)cc1.O=C=O.O=CO[O-].O=CO[O-].[Cs+].[Cs+].[H-].[H-].[K+].[K+]. The maximum atomic E-state index is 13.0. The summed E-state index contributed by atoms with van der Waals surface area (Å²) in [6.07, 6.45) is -1.36. The molecule has 8 aromatic rings. The van der Waals surface area contributed by atoms with E-state index in [1.54, 1.807) is 71.5 Å². The van der Waals surface area contributed by atoms with Crippen LogP contribution in [-0.2, 0) is 86.0 Å². The van der Waals surface area contributed by atoms with Gasteiger partial charge in [-0.1, -0.05) is 173 Å². The number of aliphatic hydroxyl groups is 1. The number of alkyl halides is 3. The molecule has 8 aromatic carbocycles. The summed E-state index contributed by atoms with van der Waals surface area (Å²) in [7, 11) is 6.84. The van der Waals surface area contributed by atoms with Crippen LogP contribution in [-0.4, -0.2) is 158 Å². The predicted octanol–water partition coefficient (Wildman–Crippen LogP) is 0.977. The number of aliphatic hydroxyl groups excluding tert-OH is 1. The van der Waals surface area contributed by atoms with E-state index in [0.29, 0.717) is 75.5 Å². The van der Waals surface area contributed by atoms with E-state index in [1.165, 1.54) is 64.8 Å². The summed E-state index contributed by atoms with van der Waals surface area (Å²) < 4.78 is 40.8. The number of fused-ring (bicyclic) bond motifs is 3. The first-order valence-corrected chi connectivity index (χ1v) is 41.3. The third-order valence-electron chi connectivity index (χ3n) is 17.5. The number of methoxy groups -OCH3 is 5. The number of nitrogens with one attached hydrogen (secondary N) is 2. The number of ether oxygens (including phenoxy) is 8. The summed E-state index contributed by atoms with van der Waals surface area (Å²) in [5.74, 6) is 1.09. The van der Waals surface area contributed by atoms with Gasteiger partial charge in [0.25, 0.3) is 30.7 Å². The van der Waals surface area contributed by atoms with Gasteiger partial charge in [-0.15, -0.1) is 11.6 Å². The Balaban J connectivity index is -0.000000482. The van der Waals surface area contributed by atoms with Gasteiger partial charge in [-0.05, 0) is 163 Å². The second-order valence-electron chi connectivity index (χ2n) is 28.9. The Morgan fingerprint density at radius 2 is 0.893 bits per heavy atom. The number of benzene rings is 8. The largest absolute Gasteiger partial charge is 1.00 e. The molecule has 0 bridgehead atoms. The molecule has 33 nitrogen and oxygen atoms in total. The fraction of sp³-hybridized carbons (Fsp3) is 0.341. The first kappa shape index (κ1) is 130. The number of phenolic OH excluding ortho intramolecular Hbond substituents is 2. The maximum Gasteiger partial charge on any atom is 1.00 e. The molecule has 690 valence electrons. The number of nitrogens with two attached hydrogens (primary N) is 1. The average molecular weight is 2260 g/mol. The van der Waals surface area contributed by atoms with Gasteiger partial charge in [0, 0.05) is 16.8 Å². The Labute approximate surface area is 989 Å². The van der Waals surface area contributed by atoms with Crippen LogP contribution in [0.25, 0.3) is 0 Å². The molecule has 0 spiro atoms. The molecule has 0 aliphatic carbocycles. The van der Waals surface area contributed by atoms with E-state index in [1.807, 2.05) is 142 Å². The standard InChI is InChI=1S/2C21H23NO4.C13H16BrNO4.C13H15NO4.C8H9ClO.C8H9NO3.C4H9Br.2CH2O3.CO2.2Cs.2K.2H/c1-13(2)19-20(23)22(12-15-7-5-14(3)6-8-15)17-11-16(21(24)25-4)9-10-18(17)26-19;1-13(2)20-21(25)22(11-15-6-4-14(3)5-7-15)17-10-16(18(24)12-23)8-9-19(17)26-20;1-7(2)11(14)12(17)15-9-6-8(13(18)19-3)4-5-10(9)16;1-7(2)11-12(15)14-9-6-8(13(16)17-3)4-5-10(9)18-11;1-10-8-4-2-7(6-9)3-5-8;1-12-8(11)5-2-3-7(10)6(9)4-5;1-4(2)3-5;2*2-1-4-3;2-1-3;;;;;;/h5-11,13,19H,12H2,1-4H3;4-10,13,20,23H,11-12H2,1-3H3;4-7,11,16H,1-3H3,(H,15,17);4-7,11H,1-3H3,(H,14,15);2-5H,6H2,1H3;2-4,10H,9H2,1H3;4H,3H2,1-2H3;2*1,3H;;;;;;;/q;;;;;;;;;;4*+1;2*-1/p-2. The van der Waals surface area contributed by atoms with Crippen molar-refractivity contribution >= 4 is 144 Å². The zero-order valence-electron chi connectivity index (χ0n) is 79.1. The van der Waals surface area contributed by atoms with E-state index >= 15 is 0 Å². The van der Waals surface area contributed by atoms with Crippen molar-refractivity contribution in [1.82, 2.24) is 0 Å². The second-order valence-corrected chi connectivity index (χ2v) is 30.8. The molecule has 0 fully saturated rings. The summed E-state index contributed by atoms with van der Waals surface area (Å²) in [4.78, 5) is 149. The van der Waals surface area contributed by atoms with Crippen molar-refractivity contribution < 1.29 is 379 Å². The smallest absolute Gasteiger partial charge is 1.00 e. The Kier molecular flexibility index (Phi) is 69.6. The number of halogens is 3. The molecule has 0 radical (unpaired) electrons. The quantitative estimate of drug-likeness (QED) is 0.00558. The van der Waals surface area contributed by atoms with Crippen LogP contribution in [0.15, 0.2) is 164 Å². The normalized spacial score (nSPS) is 13.0. The molecular weight excluding hydrogens is 2150 g/mol. The van der Waals surface area contributed by atoms with Crippen LogP contribution >= 0.6 is 43.5 Å². The van der Waals surface area contributed by atoms with Gasteiger partial charge in [0.15, 0.2) is 24.1 Å². The number of hydrogen-bond acceptors (Lipinski definition) is 29. The van der Waals surface area contributed by atoms with Crippen molar-refractivity contribution in [3.05, 3.63) is 219 Å². The molecule has 0 aromatic heterocycles. The van der Waals surface area contributed by atoms with Gasteiger partial charge < -0.3 is 103 Å². The topological polar surface area (TPSA) is 478 Å². The minimum Gasteiger partial charge on any atom is -1.00 e. The van der Waals surface area contributed by atoms with E-state index in [-0.39, 0.29) is 349 Å². The minimum atomic E-state index is -0.569. The fourth-order valence-corrected chi connectivity index (χ4v) is 11.0. The number of carbonyl (C=O) groups is 11. The minimum absolute atomic E-state index is 0. The summed E-state index contributed by atoms with van der Waals surface area (Å²) in [6.45, 7) is 23.7. The number of nitrogens with zero attached hydrogens (tertiary/aromatic N) is 2. The van der Waals surface area contributed by atoms with Gasteiger partial charge in [0.2, 0.25) is 5.91 Å². The monoisotopic (exact) mass is 2260 g/mol. The molecule has 11 rings (SSSR count). The number of anilines is 5. The third-order valence-corrected chi connectivity index (χ3v) is 20.6.